The first-order valence-corrected chi connectivity index (χ1v) is 7.95. The molecule has 1 aromatic rings. The molecule has 0 bridgehead atoms. The molecule has 1 atom stereocenters. The second-order valence-electron chi connectivity index (χ2n) is 6.60. The number of phenols is 1. The average Bonchev–Trinajstić information content (AvgIpc) is 2.57. The summed E-state index contributed by atoms with van der Waals surface area (Å²) in [6, 6.07) is 3.22. The van der Waals surface area contributed by atoms with Crippen molar-refractivity contribution >= 4 is 0 Å². The lowest BCUT2D eigenvalue weighted by Gasteiger charge is -2.44. The molecule has 0 aromatic heterocycles. The molecule has 1 aromatic carbocycles. The van der Waals surface area contributed by atoms with Crippen LogP contribution in [0.25, 0.3) is 0 Å². The fourth-order valence-electron chi connectivity index (χ4n) is 3.24. The van der Waals surface area contributed by atoms with Crippen LogP contribution in [0.3, 0.4) is 0 Å². The number of aliphatic hydroxyl groups is 1. The smallest absolute Gasteiger partial charge is 0.131 e. The van der Waals surface area contributed by atoms with Gasteiger partial charge in [-0.05, 0) is 0 Å². The molecule has 6 heteroatoms. The van der Waals surface area contributed by atoms with Gasteiger partial charge < -0.3 is 25.0 Å². The van der Waals surface area contributed by atoms with Crippen LogP contribution in [0.15, 0.2) is 12.1 Å². The lowest BCUT2D eigenvalue weighted by molar-refractivity contribution is 0.0279. The molecule has 1 heterocycles. The molecule has 130 valence electrons. The van der Waals surface area contributed by atoms with Gasteiger partial charge in [-0.1, -0.05) is 13.8 Å². The van der Waals surface area contributed by atoms with Crippen LogP contribution < -0.4 is 14.8 Å². The largest absolute Gasteiger partial charge is 0.507 e. The first kappa shape index (κ1) is 17.8. The highest BCUT2D eigenvalue weighted by atomic mass is 16.5. The predicted molar refractivity (Wildman–Crippen MR) is 89.3 cm³/mol. The maximum Gasteiger partial charge on any atom is 0.131 e. The number of rotatable bonds is 6. The van der Waals surface area contributed by atoms with E-state index in [0.717, 1.165) is 26.2 Å². The summed E-state index contributed by atoms with van der Waals surface area (Å²) in [5.74, 6) is 1.25. The van der Waals surface area contributed by atoms with Gasteiger partial charge in [0.2, 0.25) is 0 Å². The van der Waals surface area contributed by atoms with Gasteiger partial charge in [-0.25, -0.2) is 0 Å². The van der Waals surface area contributed by atoms with E-state index >= 15 is 0 Å². The maximum atomic E-state index is 10.6. The molecule has 0 unspecified atom stereocenters. The third kappa shape index (κ3) is 3.71. The number of nitrogens with one attached hydrogen (secondary N) is 1. The Hall–Kier alpha value is -1.50. The number of phenolic OH excluding ortho intramolecular Hbond substituents is 1. The summed E-state index contributed by atoms with van der Waals surface area (Å²) in [6.45, 7) is 7.49. The van der Waals surface area contributed by atoms with Crippen molar-refractivity contribution in [3.63, 3.8) is 0 Å². The minimum absolute atomic E-state index is 0.0101. The summed E-state index contributed by atoms with van der Waals surface area (Å²) in [5, 5.41) is 23.9. The quantitative estimate of drug-likeness (QED) is 0.734. The van der Waals surface area contributed by atoms with Crippen molar-refractivity contribution in [2.24, 2.45) is 5.41 Å². The molecular weight excluding hydrogens is 296 g/mol. The summed E-state index contributed by atoms with van der Waals surface area (Å²) < 4.78 is 10.7. The van der Waals surface area contributed by atoms with E-state index in [1.807, 2.05) is 13.8 Å². The average molecular weight is 324 g/mol. The van der Waals surface area contributed by atoms with E-state index in [-0.39, 0.29) is 18.4 Å². The third-order valence-electron chi connectivity index (χ3n) is 4.49. The molecule has 1 fully saturated rings. The number of hydrogen-bond acceptors (Lipinski definition) is 6. The standard InChI is InChI=1S/C17H28N2O4/c1-17(2,11-20)16(19-7-5-18-6-8-19)15-13(21)9-12(22-3)10-14(15)23-4/h9-10,16,18,20-21H,5-8,11H2,1-4H3/t16-/m1/s1. The molecular formula is C17H28N2O4. The van der Waals surface area contributed by atoms with Crippen molar-refractivity contribution in [1.82, 2.24) is 10.2 Å². The minimum atomic E-state index is -0.434. The van der Waals surface area contributed by atoms with Crippen LogP contribution in [0.1, 0.15) is 25.5 Å². The van der Waals surface area contributed by atoms with Crippen LogP contribution in [-0.2, 0) is 0 Å². The van der Waals surface area contributed by atoms with Gasteiger partial charge in [0.05, 0.1) is 19.8 Å². The highest BCUT2D eigenvalue weighted by molar-refractivity contribution is 5.52. The van der Waals surface area contributed by atoms with Crippen LogP contribution >= 0.6 is 0 Å². The molecule has 1 aliphatic heterocycles. The molecule has 0 saturated carbocycles. The fraction of sp³-hybridized carbons (Fsp3) is 0.647. The van der Waals surface area contributed by atoms with Crippen molar-refractivity contribution in [1.29, 1.82) is 0 Å². The zero-order valence-corrected chi connectivity index (χ0v) is 14.4. The number of aromatic hydroxyl groups is 1. The first-order chi connectivity index (χ1) is 10.9. The molecule has 2 rings (SSSR count). The molecule has 0 spiro atoms. The van der Waals surface area contributed by atoms with Crippen molar-refractivity contribution in [2.45, 2.75) is 19.9 Å². The Labute approximate surface area is 138 Å². The van der Waals surface area contributed by atoms with Crippen LogP contribution in [0.2, 0.25) is 0 Å². The molecule has 3 N–H and O–H groups in total. The number of hydrogen-bond donors (Lipinski definition) is 3. The number of ether oxygens (including phenoxy) is 2. The maximum absolute atomic E-state index is 10.6. The Morgan fingerprint density at radius 1 is 1.22 bits per heavy atom. The summed E-state index contributed by atoms with van der Waals surface area (Å²) in [5.41, 5.74) is 0.269. The molecule has 0 radical (unpaired) electrons. The van der Waals surface area contributed by atoms with Crippen molar-refractivity contribution in [2.75, 3.05) is 47.0 Å². The van der Waals surface area contributed by atoms with Crippen molar-refractivity contribution in [3.05, 3.63) is 17.7 Å². The molecule has 23 heavy (non-hydrogen) atoms. The molecule has 1 saturated heterocycles. The monoisotopic (exact) mass is 324 g/mol. The zero-order chi connectivity index (χ0) is 17.0. The number of piperazine rings is 1. The summed E-state index contributed by atoms with van der Waals surface area (Å²) in [6.07, 6.45) is 0. The lowest BCUT2D eigenvalue weighted by Crippen LogP contribution is -2.49. The molecule has 1 aliphatic rings. The van der Waals surface area contributed by atoms with Gasteiger partial charge in [0.15, 0.2) is 0 Å². The number of nitrogens with zero attached hydrogens (tertiary/aromatic N) is 1. The molecule has 6 nitrogen and oxygen atoms in total. The lowest BCUT2D eigenvalue weighted by atomic mass is 9.79. The second kappa shape index (κ2) is 7.38. The summed E-state index contributed by atoms with van der Waals surface area (Å²) >= 11 is 0. The van der Waals surface area contributed by atoms with Gasteiger partial charge in [0.1, 0.15) is 17.2 Å². The van der Waals surface area contributed by atoms with E-state index in [2.05, 4.69) is 10.2 Å². The zero-order valence-electron chi connectivity index (χ0n) is 14.4. The topological polar surface area (TPSA) is 74.2 Å². The van der Waals surface area contributed by atoms with E-state index in [4.69, 9.17) is 9.47 Å². The predicted octanol–water partition coefficient (Wildman–Crippen LogP) is 1.37. The minimum Gasteiger partial charge on any atom is -0.507 e. The SMILES string of the molecule is COc1cc(O)c([C@@H](N2CCNCC2)C(C)(C)CO)c(OC)c1. The summed E-state index contributed by atoms with van der Waals surface area (Å²) in [4.78, 5) is 2.29. The van der Waals surface area contributed by atoms with Gasteiger partial charge >= 0.3 is 0 Å². The van der Waals surface area contributed by atoms with Crippen LogP contribution in [0.4, 0.5) is 0 Å². The Bertz CT molecular complexity index is 528. The highest BCUT2D eigenvalue weighted by Crippen LogP contribution is 2.47. The summed E-state index contributed by atoms with van der Waals surface area (Å²) in [7, 11) is 3.14. The Morgan fingerprint density at radius 3 is 2.39 bits per heavy atom. The van der Waals surface area contributed by atoms with Crippen molar-refractivity contribution < 1.29 is 19.7 Å². The van der Waals surface area contributed by atoms with Crippen LogP contribution in [0, 0.1) is 5.41 Å². The first-order valence-electron chi connectivity index (χ1n) is 7.95. The Morgan fingerprint density at radius 2 is 1.87 bits per heavy atom. The number of methoxy groups -OCH3 is 2. The van der Waals surface area contributed by atoms with E-state index in [0.29, 0.717) is 17.1 Å². The van der Waals surface area contributed by atoms with Gasteiger partial charge in [-0.2, -0.15) is 0 Å². The van der Waals surface area contributed by atoms with E-state index in [9.17, 15) is 10.2 Å². The van der Waals surface area contributed by atoms with E-state index < -0.39 is 5.41 Å². The van der Waals surface area contributed by atoms with Gasteiger partial charge in [0.25, 0.3) is 0 Å². The van der Waals surface area contributed by atoms with Gasteiger partial charge in [-0.15, -0.1) is 0 Å². The Kier molecular flexibility index (Phi) is 5.73. The third-order valence-corrected chi connectivity index (χ3v) is 4.49. The fourth-order valence-corrected chi connectivity index (χ4v) is 3.24. The van der Waals surface area contributed by atoms with Crippen LogP contribution in [-0.4, -0.2) is 62.1 Å². The second-order valence-corrected chi connectivity index (χ2v) is 6.60. The van der Waals surface area contributed by atoms with E-state index in [1.54, 1.807) is 26.4 Å². The van der Waals surface area contributed by atoms with Gasteiger partial charge in [0, 0.05) is 56.4 Å². The van der Waals surface area contributed by atoms with E-state index in [1.165, 1.54) is 0 Å². The number of benzene rings is 1. The molecule has 0 amide bonds. The van der Waals surface area contributed by atoms with Crippen LogP contribution in [0.5, 0.6) is 17.2 Å². The van der Waals surface area contributed by atoms with Gasteiger partial charge in [-0.3, -0.25) is 4.90 Å². The van der Waals surface area contributed by atoms with Crippen molar-refractivity contribution in [3.8, 4) is 17.2 Å². The Balaban J connectivity index is 2.54. The molecule has 0 aliphatic carbocycles. The highest BCUT2D eigenvalue weighted by Gasteiger charge is 2.39. The number of aliphatic hydroxyl groups excluding tert-OH is 1. The normalized spacial score (nSPS) is 17.8.